The molecule has 0 spiro atoms. The lowest BCUT2D eigenvalue weighted by Gasteiger charge is -2.22. The van der Waals surface area contributed by atoms with Crippen LogP contribution in [0.1, 0.15) is 38.7 Å². The number of ether oxygens (including phenoxy) is 7. The third-order valence-electron chi connectivity index (χ3n) is 8.38. The minimum absolute atomic E-state index is 0.0932. The summed E-state index contributed by atoms with van der Waals surface area (Å²) in [7, 11) is 6.22. The Bertz CT molecular complexity index is 2090. The maximum atomic E-state index is 15.1. The van der Waals surface area contributed by atoms with Crippen LogP contribution in [-0.4, -0.2) is 46.0 Å². The van der Waals surface area contributed by atoms with Crippen molar-refractivity contribution in [2.75, 3.05) is 35.2 Å². The van der Waals surface area contributed by atoms with Crippen molar-refractivity contribution in [2.24, 2.45) is 0 Å². The summed E-state index contributed by atoms with van der Waals surface area (Å²) in [5, 5.41) is 1.54. The summed E-state index contributed by atoms with van der Waals surface area (Å²) >= 11 is 0. The number of hydrogen-bond acceptors (Lipinski definition) is 9. The SMILES string of the molecule is COCOc1cc(OCc2ccccc2)c(OC)cc1C(=O)C(c1cccc(OC)c1)c1nccc2cc(OCc3ccccc3)c(OC)cc12. The Balaban J connectivity index is 1.46. The van der Waals surface area contributed by atoms with Crippen LogP contribution in [0.25, 0.3) is 10.8 Å². The highest BCUT2D eigenvalue weighted by Gasteiger charge is 2.31. The Morgan fingerprint density at radius 1 is 0.608 bits per heavy atom. The summed E-state index contributed by atoms with van der Waals surface area (Å²) in [5.74, 6) is 1.55. The molecule has 0 saturated heterocycles. The van der Waals surface area contributed by atoms with Gasteiger partial charge in [-0.3, -0.25) is 9.78 Å². The standard InChI is InChI=1S/C42H39NO8/c1-45-27-51-35-24-39(50-26-29-14-9-6-10-15-29)37(48-4)23-34(35)42(44)40(31-16-11-17-32(20-31)46-2)41-33-22-36(47-3)38(21-30(33)18-19-43-41)49-25-28-12-7-5-8-13-28/h5-24,40H,25-27H2,1-4H3. The van der Waals surface area contributed by atoms with Crippen LogP contribution < -0.4 is 28.4 Å². The molecular weight excluding hydrogens is 646 g/mol. The van der Waals surface area contributed by atoms with Crippen LogP contribution in [-0.2, 0) is 18.0 Å². The second-order valence-electron chi connectivity index (χ2n) is 11.6. The van der Waals surface area contributed by atoms with E-state index in [1.807, 2.05) is 103 Å². The van der Waals surface area contributed by atoms with Crippen molar-refractivity contribution in [3.05, 3.63) is 149 Å². The van der Waals surface area contributed by atoms with Gasteiger partial charge in [-0.1, -0.05) is 72.8 Å². The van der Waals surface area contributed by atoms with E-state index >= 15 is 4.79 Å². The van der Waals surface area contributed by atoms with E-state index in [0.717, 1.165) is 21.9 Å². The van der Waals surface area contributed by atoms with Gasteiger partial charge in [0.2, 0.25) is 0 Å². The molecule has 1 aromatic heterocycles. The van der Waals surface area contributed by atoms with Crippen LogP contribution in [0.2, 0.25) is 0 Å². The van der Waals surface area contributed by atoms with Gasteiger partial charge >= 0.3 is 0 Å². The fourth-order valence-electron chi connectivity index (χ4n) is 5.83. The molecule has 9 nitrogen and oxygen atoms in total. The van der Waals surface area contributed by atoms with E-state index in [1.54, 1.807) is 32.5 Å². The summed E-state index contributed by atoms with van der Waals surface area (Å²) in [6.45, 7) is 0.562. The molecule has 0 aliphatic heterocycles. The molecule has 5 aromatic carbocycles. The molecule has 0 N–H and O–H groups in total. The number of Topliss-reactive ketones (excluding diaryl/α,β-unsaturated/α-hetero) is 1. The van der Waals surface area contributed by atoms with Crippen molar-refractivity contribution in [1.82, 2.24) is 4.98 Å². The van der Waals surface area contributed by atoms with E-state index in [2.05, 4.69) is 0 Å². The van der Waals surface area contributed by atoms with Gasteiger partial charge < -0.3 is 33.2 Å². The number of methoxy groups -OCH3 is 4. The molecule has 51 heavy (non-hydrogen) atoms. The lowest BCUT2D eigenvalue weighted by molar-refractivity contribution is 0.0499. The molecule has 6 rings (SSSR count). The van der Waals surface area contributed by atoms with E-state index in [4.69, 9.17) is 38.1 Å². The fraction of sp³-hybridized carbons (Fsp3) is 0.190. The largest absolute Gasteiger partial charge is 0.497 e. The molecule has 0 fully saturated rings. The summed E-state index contributed by atoms with van der Waals surface area (Å²) in [4.78, 5) is 19.9. The number of hydrogen-bond donors (Lipinski definition) is 0. The summed E-state index contributed by atoms with van der Waals surface area (Å²) in [6.07, 6.45) is 1.69. The molecule has 0 amide bonds. The Hall–Kier alpha value is -6.06. The van der Waals surface area contributed by atoms with Crippen LogP contribution in [0, 0.1) is 0 Å². The zero-order valence-electron chi connectivity index (χ0n) is 29.0. The van der Waals surface area contributed by atoms with E-state index < -0.39 is 5.92 Å². The maximum absolute atomic E-state index is 15.1. The molecule has 1 heterocycles. The van der Waals surface area contributed by atoms with Crippen molar-refractivity contribution in [2.45, 2.75) is 19.1 Å². The number of nitrogens with zero attached hydrogens (tertiary/aromatic N) is 1. The molecule has 9 heteroatoms. The van der Waals surface area contributed by atoms with Crippen molar-refractivity contribution in [1.29, 1.82) is 0 Å². The number of carbonyl (C=O) groups is 1. The molecule has 0 bridgehead atoms. The second kappa shape index (κ2) is 16.6. The Kier molecular flexibility index (Phi) is 11.3. The Morgan fingerprint density at radius 2 is 1.25 bits per heavy atom. The number of fused-ring (bicyclic) bond motifs is 1. The normalized spacial score (nSPS) is 11.5. The smallest absolute Gasteiger partial charge is 0.188 e. The molecule has 0 aliphatic rings. The molecule has 1 unspecified atom stereocenters. The Labute approximate surface area is 297 Å². The van der Waals surface area contributed by atoms with Crippen molar-refractivity contribution in [3.8, 4) is 34.5 Å². The van der Waals surface area contributed by atoms with Gasteiger partial charge in [0.15, 0.2) is 35.6 Å². The van der Waals surface area contributed by atoms with E-state index in [0.29, 0.717) is 53.2 Å². The molecule has 6 aromatic rings. The van der Waals surface area contributed by atoms with Crippen LogP contribution in [0.5, 0.6) is 34.5 Å². The van der Waals surface area contributed by atoms with Gasteiger partial charge in [-0.2, -0.15) is 0 Å². The highest BCUT2D eigenvalue weighted by molar-refractivity contribution is 6.07. The number of benzene rings is 5. The first-order chi connectivity index (χ1) is 25.0. The first-order valence-corrected chi connectivity index (χ1v) is 16.3. The number of rotatable bonds is 16. The minimum Gasteiger partial charge on any atom is -0.497 e. The predicted octanol–water partition coefficient (Wildman–Crippen LogP) is 8.42. The summed E-state index contributed by atoms with van der Waals surface area (Å²) in [6, 6.07) is 36.0. The quantitative estimate of drug-likeness (QED) is 0.0735. The van der Waals surface area contributed by atoms with Gasteiger partial charge in [-0.25, -0.2) is 0 Å². The fourth-order valence-corrected chi connectivity index (χ4v) is 5.83. The van der Waals surface area contributed by atoms with Crippen molar-refractivity contribution >= 4 is 16.6 Å². The zero-order chi connectivity index (χ0) is 35.6. The average molecular weight is 686 g/mol. The molecular formula is C42H39NO8. The molecule has 1 atom stereocenters. The van der Waals surface area contributed by atoms with Crippen LogP contribution in [0.15, 0.2) is 121 Å². The van der Waals surface area contributed by atoms with Gasteiger partial charge in [0.05, 0.1) is 38.5 Å². The Morgan fingerprint density at radius 3 is 1.88 bits per heavy atom. The summed E-state index contributed by atoms with van der Waals surface area (Å²) < 4.78 is 40.8. The third-order valence-corrected chi connectivity index (χ3v) is 8.38. The van der Waals surface area contributed by atoms with Gasteiger partial charge in [0.1, 0.15) is 24.7 Å². The van der Waals surface area contributed by atoms with Gasteiger partial charge in [-0.15, -0.1) is 0 Å². The third kappa shape index (κ3) is 8.06. The van der Waals surface area contributed by atoms with Gasteiger partial charge in [0, 0.05) is 24.8 Å². The first-order valence-electron chi connectivity index (χ1n) is 16.3. The highest BCUT2D eigenvalue weighted by Crippen LogP contribution is 2.42. The predicted molar refractivity (Wildman–Crippen MR) is 195 cm³/mol. The molecule has 0 saturated carbocycles. The van der Waals surface area contributed by atoms with E-state index in [-0.39, 0.29) is 23.9 Å². The van der Waals surface area contributed by atoms with Crippen LogP contribution in [0.4, 0.5) is 0 Å². The van der Waals surface area contributed by atoms with Crippen molar-refractivity contribution in [3.63, 3.8) is 0 Å². The number of carbonyl (C=O) groups excluding carboxylic acids is 1. The lowest BCUT2D eigenvalue weighted by Crippen LogP contribution is -2.18. The maximum Gasteiger partial charge on any atom is 0.188 e. The van der Waals surface area contributed by atoms with Gasteiger partial charge in [0.25, 0.3) is 0 Å². The van der Waals surface area contributed by atoms with E-state index in [1.165, 1.54) is 14.2 Å². The average Bonchev–Trinajstić information content (AvgIpc) is 3.18. The van der Waals surface area contributed by atoms with Crippen LogP contribution >= 0.6 is 0 Å². The first kappa shape index (κ1) is 34.8. The highest BCUT2D eigenvalue weighted by atomic mass is 16.7. The van der Waals surface area contributed by atoms with Gasteiger partial charge in [-0.05, 0) is 58.5 Å². The van der Waals surface area contributed by atoms with Crippen molar-refractivity contribution < 1.29 is 38.0 Å². The number of aromatic nitrogens is 1. The molecule has 0 aliphatic carbocycles. The monoisotopic (exact) mass is 685 g/mol. The second-order valence-corrected chi connectivity index (χ2v) is 11.6. The van der Waals surface area contributed by atoms with E-state index in [9.17, 15) is 0 Å². The molecule has 260 valence electrons. The minimum atomic E-state index is -0.893. The molecule has 0 radical (unpaired) electrons. The number of pyridine rings is 1. The summed E-state index contributed by atoms with van der Waals surface area (Å²) in [5.41, 5.74) is 3.45. The topological polar surface area (TPSA) is 94.6 Å². The zero-order valence-corrected chi connectivity index (χ0v) is 29.0. The van der Waals surface area contributed by atoms with Crippen LogP contribution in [0.3, 0.4) is 0 Å². The lowest BCUT2D eigenvalue weighted by atomic mass is 9.85. The number of ketones is 1.